The number of amides is 2. The van der Waals surface area contributed by atoms with Gasteiger partial charge in [-0.2, -0.15) is 0 Å². The first kappa shape index (κ1) is 22.5. The molecule has 0 aromatic heterocycles. The van der Waals surface area contributed by atoms with Crippen molar-refractivity contribution in [2.45, 2.75) is 58.0 Å². The van der Waals surface area contributed by atoms with Crippen LogP contribution in [0.5, 0.6) is 0 Å². The van der Waals surface area contributed by atoms with Crippen LogP contribution in [-0.4, -0.2) is 41.9 Å². The normalized spacial score (nSPS) is 17.1. The summed E-state index contributed by atoms with van der Waals surface area (Å²) in [5.41, 5.74) is 7.17. The van der Waals surface area contributed by atoms with E-state index in [-0.39, 0.29) is 36.2 Å². The summed E-state index contributed by atoms with van der Waals surface area (Å²) in [6.07, 6.45) is 3.81. The number of piperidine rings is 1. The maximum absolute atomic E-state index is 12.4. The topological polar surface area (TPSA) is 75.4 Å². The molecule has 1 aliphatic heterocycles. The molecule has 1 aromatic carbocycles. The molecule has 0 spiro atoms. The van der Waals surface area contributed by atoms with Crippen LogP contribution in [0.3, 0.4) is 0 Å². The first-order valence-corrected chi connectivity index (χ1v) is 9.39. The Hall–Kier alpha value is -1.59. The number of hydrogen-bond acceptors (Lipinski definition) is 3. The average Bonchev–Trinajstić information content (AvgIpc) is 2.66. The molecular weight excluding hydrogens is 350 g/mol. The van der Waals surface area contributed by atoms with Crippen molar-refractivity contribution in [3.05, 3.63) is 35.9 Å². The van der Waals surface area contributed by atoms with Gasteiger partial charge in [0.2, 0.25) is 11.8 Å². The Labute approximate surface area is 163 Å². The molecule has 1 heterocycles. The van der Waals surface area contributed by atoms with Crippen LogP contribution in [0.15, 0.2) is 30.3 Å². The summed E-state index contributed by atoms with van der Waals surface area (Å²) in [4.78, 5) is 26.4. The van der Waals surface area contributed by atoms with E-state index in [9.17, 15) is 9.59 Å². The zero-order valence-corrected chi connectivity index (χ0v) is 16.6. The maximum atomic E-state index is 12.4. The lowest BCUT2D eigenvalue weighted by Gasteiger charge is -2.33. The van der Waals surface area contributed by atoms with Gasteiger partial charge in [0.15, 0.2) is 0 Å². The van der Waals surface area contributed by atoms with Crippen molar-refractivity contribution in [3.8, 4) is 0 Å². The highest BCUT2D eigenvalue weighted by atomic mass is 35.5. The molecule has 6 heteroatoms. The van der Waals surface area contributed by atoms with Crippen molar-refractivity contribution in [1.29, 1.82) is 0 Å². The predicted molar refractivity (Wildman–Crippen MR) is 107 cm³/mol. The minimum absolute atomic E-state index is 0. The second kappa shape index (κ2) is 11.2. The molecule has 0 radical (unpaired) electrons. The Morgan fingerprint density at radius 3 is 2.42 bits per heavy atom. The second-order valence-corrected chi connectivity index (χ2v) is 7.06. The summed E-state index contributed by atoms with van der Waals surface area (Å²) >= 11 is 0. The number of hydrogen-bond donors (Lipinski definition) is 2. The lowest BCUT2D eigenvalue weighted by Crippen LogP contribution is -2.52. The van der Waals surface area contributed by atoms with E-state index in [1.54, 1.807) is 0 Å². The fourth-order valence-electron chi connectivity index (χ4n) is 3.14. The number of rotatable bonds is 7. The summed E-state index contributed by atoms with van der Waals surface area (Å²) < 4.78 is 0. The third-order valence-electron chi connectivity index (χ3n) is 5.22. The molecule has 3 N–H and O–H groups in total. The summed E-state index contributed by atoms with van der Waals surface area (Å²) in [5.74, 6) is 0.313. The minimum Gasteiger partial charge on any atom is -0.352 e. The molecule has 146 valence electrons. The van der Waals surface area contributed by atoms with Crippen molar-refractivity contribution >= 4 is 24.2 Å². The average molecular weight is 382 g/mol. The summed E-state index contributed by atoms with van der Waals surface area (Å²) in [7, 11) is 0. The van der Waals surface area contributed by atoms with Gasteiger partial charge in [0, 0.05) is 25.6 Å². The van der Waals surface area contributed by atoms with Crippen molar-refractivity contribution in [2.24, 2.45) is 11.7 Å². The third-order valence-corrected chi connectivity index (χ3v) is 5.22. The van der Waals surface area contributed by atoms with Crippen LogP contribution >= 0.6 is 12.4 Å². The molecule has 2 atom stereocenters. The van der Waals surface area contributed by atoms with Crippen LogP contribution in [0.25, 0.3) is 0 Å². The summed E-state index contributed by atoms with van der Waals surface area (Å²) in [6, 6.07) is 9.76. The van der Waals surface area contributed by atoms with E-state index in [1.165, 1.54) is 5.56 Å². The summed E-state index contributed by atoms with van der Waals surface area (Å²) in [6.45, 7) is 5.45. The molecule has 0 bridgehead atoms. The Bertz CT molecular complexity index is 559. The van der Waals surface area contributed by atoms with Crippen LogP contribution in [0, 0.1) is 5.92 Å². The molecule has 26 heavy (non-hydrogen) atoms. The van der Waals surface area contributed by atoms with Gasteiger partial charge in [-0.1, -0.05) is 50.6 Å². The molecule has 5 nitrogen and oxygen atoms in total. The SMILES string of the molecule is CCC(C)C(N)C(=O)NC1CCN(C(=O)CCc2ccccc2)CC1.Cl. The molecule has 2 unspecified atom stereocenters. The molecule has 1 aliphatic rings. The standard InChI is InChI=1S/C20H31N3O2.ClH/c1-3-15(2)19(21)20(25)22-17-11-13-23(14-12-17)18(24)10-9-16-7-5-4-6-8-16;/h4-8,15,17,19H,3,9-14,21H2,1-2H3,(H,22,25);1H. The van der Waals surface area contributed by atoms with Crippen LogP contribution in [0.1, 0.15) is 45.1 Å². The van der Waals surface area contributed by atoms with Crippen molar-refractivity contribution < 1.29 is 9.59 Å². The number of carbonyl (C=O) groups excluding carboxylic acids is 2. The fraction of sp³-hybridized carbons (Fsp3) is 0.600. The van der Waals surface area contributed by atoms with E-state index >= 15 is 0 Å². The van der Waals surface area contributed by atoms with Crippen molar-refractivity contribution in [1.82, 2.24) is 10.2 Å². The van der Waals surface area contributed by atoms with E-state index in [4.69, 9.17) is 5.73 Å². The molecule has 2 amide bonds. The Kier molecular flexibility index (Phi) is 9.66. The van der Waals surface area contributed by atoms with E-state index in [0.29, 0.717) is 19.5 Å². The molecule has 0 aliphatic carbocycles. The zero-order valence-electron chi connectivity index (χ0n) is 15.8. The number of benzene rings is 1. The molecule has 1 fully saturated rings. The third kappa shape index (κ3) is 6.61. The molecule has 2 rings (SSSR count). The molecule has 0 saturated carbocycles. The van der Waals surface area contributed by atoms with Crippen molar-refractivity contribution in [2.75, 3.05) is 13.1 Å². The summed E-state index contributed by atoms with van der Waals surface area (Å²) in [5, 5.41) is 3.05. The van der Waals surface area contributed by atoms with Crippen molar-refractivity contribution in [3.63, 3.8) is 0 Å². The van der Waals surface area contributed by atoms with Crippen LogP contribution < -0.4 is 11.1 Å². The number of nitrogens with two attached hydrogens (primary N) is 1. The fourth-order valence-corrected chi connectivity index (χ4v) is 3.14. The molecular formula is C20H32ClN3O2. The van der Waals surface area contributed by atoms with Crippen LogP contribution in [0.2, 0.25) is 0 Å². The van der Waals surface area contributed by atoms with Gasteiger partial charge >= 0.3 is 0 Å². The van der Waals surface area contributed by atoms with E-state index in [0.717, 1.165) is 25.7 Å². The first-order valence-electron chi connectivity index (χ1n) is 9.39. The van der Waals surface area contributed by atoms with Gasteiger partial charge in [-0.25, -0.2) is 0 Å². The number of aryl methyl sites for hydroxylation is 1. The zero-order chi connectivity index (χ0) is 18.2. The quantitative estimate of drug-likeness (QED) is 0.762. The first-order chi connectivity index (χ1) is 12.0. The largest absolute Gasteiger partial charge is 0.352 e. The minimum atomic E-state index is -0.449. The lowest BCUT2D eigenvalue weighted by molar-refractivity contribution is -0.132. The monoisotopic (exact) mass is 381 g/mol. The van der Waals surface area contributed by atoms with Crippen LogP contribution in [0.4, 0.5) is 0 Å². The van der Waals surface area contributed by atoms with E-state index in [2.05, 4.69) is 17.4 Å². The van der Waals surface area contributed by atoms with Gasteiger partial charge in [0.25, 0.3) is 0 Å². The van der Waals surface area contributed by atoms with Gasteiger partial charge in [-0.05, 0) is 30.7 Å². The number of halogens is 1. The number of nitrogens with one attached hydrogen (secondary N) is 1. The highest BCUT2D eigenvalue weighted by molar-refractivity contribution is 5.85. The Morgan fingerprint density at radius 1 is 1.23 bits per heavy atom. The smallest absolute Gasteiger partial charge is 0.237 e. The van der Waals surface area contributed by atoms with Gasteiger partial charge in [-0.3, -0.25) is 9.59 Å². The Balaban J connectivity index is 0.00000338. The van der Waals surface area contributed by atoms with Crippen LogP contribution in [-0.2, 0) is 16.0 Å². The molecule has 1 aromatic rings. The lowest BCUT2D eigenvalue weighted by atomic mass is 9.98. The Morgan fingerprint density at radius 2 is 1.85 bits per heavy atom. The number of nitrogens with zero attached hydrogens (tertiary/aromatic N) is 1. The van der Waals surface area contributed by atoms with Gasteiger partial charge < -0.3 is 16.0 Å². The highest BCUT2D eigenvalue weighted by Crippen LogP contribution is 2.14. The van der Waals surface area contributed by atoms with Gasteiger partial charge in [-0.15, -0.1) is 12.4 Å². The second-order valence-electron chi connectivity index (χ2n) is 7.06. The highest BCUT2D eigenvalue weighted by Gasteiger charge is 2.26. The van der Waals surface area contributed by atoms with Gasteiger partial charge in [0.05, 0.1) is 6.04 Å². The van der Waals surface area contributed by atoms with E-state index < -0.39 is 6.04 Å². The number of likely N-dealkylation sites (tertiary alicyclic amines) is 1. The molecule has 1 saturated heterocycles. The van der Waals surface area contributed by atoms with E-state index in [1.807, 2.05) is 36.9 Å². The number of carbonyl (C=O) groups is 2. The van der Waals surface area contributed by atoms with Gasteiger partial charge in [0.1, 0.15) is 0 Å². The predicted octanol–water partition coefficient (Wildman–Crippen LogP) is 2.52. The maximum Gasteiger partial charge on any atom is 0.237 e.